The van der Waals surface area contributed by atoms with Crippen LogP contribution in [0.4, 0.5) is 8.78 Å². The first-order valence-electron chi connectivity index (χ1n) is 7.04. The average molecular weight is 280 g/mol. The Bertz CT molecular complexity index is 535. The smallest absolute Gasteiger partial charge is 0.226 e. The van der Waals surface area contributed by atoms with E-state index in [-0.39, 0.29) is 23.8 Å². The fourth-order valence-corrected chi connectivity index (χ4v) is 2.99. The third kappa shape index (κ3) is 2.42. The van der Waals surface area contributed by atoms with Crippen molar-refractivity contribution < 1.29 is 13.6 Å². The molecule has 108 valence electrons. The molecule has 1 aliphatic heterocycles. The zero-order valence-electron chi connectivity index (χ0n) is 11.4. The highest BCUT2D eigenvalue weighted by molar-refractivity contribution is 5.83. The van der Waals surface area contributed by atoms with E-state index >= 15 is 0 Å². The van der Waals surface area contributed by atoms with Crippen LogP contribution in [-0.4, -0.2) is 36.5 Å². The molecular formula is C15H18F2N2O. The van der Waals surface area contributed by atoms with Crippen molar-refractivity contribution in [2.75, 3.05) is 19.6 Å². The average Bonchev–Trinajstić information content (AvgIpc) is 3.21. The molecule has 0 radical (unpaired) electrons. The van der Waals surface area contributed by atoms with Crippen LogP contribution in [-0.2, 0) is 4.79 Å². The first-order chi connectivity index (χ1) is 9.58. The van der Waals surface area contributed by atoms with Gasteiger partial charge in [0.2, 0.25) is 5.91 Å². The van der Waals surface area contributed by atoms with E-state index in [2.05, 4.69) is 5.32 Å². The van der Waals surface area contributed by atoms with Crippen molar-refractivity contribution in [1.82, 2.24) is 10.2 Å². The monoisotopic (exact) mass is 280 g/mol. The van der Waals surface area contributed by atoms with Crippen LogP contribution in [0.1, 0.15) is 24.8 Å². The highest BCUT2D eigenvalue weighted by atomic mass is 19.2. The first kappa shape index (κ1) is 13.5. The van der Waals surface area contributed by atoms with E-state index in [1.54, 1.807) is 6.07 Å². The van der Waals surface area contributed by atoms with Gasteiger partial charge in [0.05, 0.1) is 0 Å². The van der Waals surface area contributed by atoms with Gasteiger partial charge in [-0.15, -0.1) is 0 Å². The second kappa shape index (κ2) is 5.13. The van der Waals surface area contributed by atoms with E-state index in [1.165, 1.54) is 6.07 Å². The molecule has 1 aromatic rings. The number of nitrogens with one attached hydrogen (secondary N) is 1. The summed E-state index contributed by atoms with van der Waals surface area (Å²) in [5.74, 6) is -1.91. The fraction of sp³-hybridized carbons (Fsp3) is 0.533. The van der Waals surface area contributed by atoms with Gasteiger partial charge in [-0.3, -0.25) is 4.79 Å². The number of piperazine rings is 1. The summed E-state index contributed by atoms with van der Waals surface area (Å²) in [5, 5.41) is 3.28. The minimum absolute atomic E-state index is 0.0759. The SMILES string of the molecule is C[C@@H]1CN(C(=O)[C@@H]2C[C@H]2c2cccc(F)c2F)CCN1. The van der Waals surface area contributed by atoms with Gasteiger partial charge in [-0.2, -0.15) is 0 Å². The number of nitrogens with zero attached hydrogens (tertiary/aromatic N) is 1. The number of halogens is 2. The Labute approximate surface area is 117 Å². The number of hydrogen-bond acceptors (Lipinski definition) is 2. The molecule has 2 aliphatic rings. The molecule has 1 amide bonds. The van der Waals surface area contributed by atoms with Crippen LogP contribution in [0.2, 0.25) is 0 Å². The van der Waals surface area contributed by atoms with Gasteiger partial charge in [0.1, 0.15) is 0 Å². The van der Waals surface area contributed by atoms with E-state index in [4.69, 9.17) is 0 Å². The van der Waals surface area contributed by atoms with Crippen molar-refractivity contribution in [1.29, 1.82) is 0 Å². The maximum absolute atomic E-state index is 13.7. The Kier molecular flexibility index (Phi) is 3.46. The van der Waals surface area contributed by atoms with Crippen LogP contribution in [0.3, 0.4) is 0 Å². The molecule has 5 heteroatoms. The summed E-state index contributed by atoms with van der Waals surface area (Å²) in [5.41, 5.74) is 0.339. The van der Waals surface area contributed by atoms with Crippen molar-refractivity contribution in [3.05, 3.63) is 35.4 Å². The van der Waals surface area contributed by atoms with Crippen molar-refractivity contribution in [2.45, 2.75) is 25.3 Å². The summed E-state index contributed by atoms with van der Waals surface area (Å²) in [6.07, 6.45) is 0.623. The molecule has 1 saturated carbocycles. The molecule has 1 saturated heterocycles. The molecule has 0 bridgehead atoms. The Morgan fingerprint density at radius 3 is 2.95 bits per heavy atom. The van der Waals surface area contributed by atoms with Crippen LogP contribution in [0.15, 0.2) is 18.2 Å². The fourth-order valence-electron chi connectivity index (χ4n) is 2.99. The highest BCUT2D eigenvalue weighted by Gasteiger charge is 2.47. The van der Waals surface area contributed by atoms with E-state index in [1.807, 2.05) is 11.8 Å². The van der Waals surface area contributed by atoms with Gasteiger partial charge in [0.15, 0.2) is 11.6 Å². The Morgan fingerprint density at radius 2 is 2.20 bits per heavy atom. The van der Waals surface area contributed by atoms with Crippen molar-refractivity contribution >= 4 is 5.91 Å². The van der Waals surface area contributed by atoms with Gasteiger partial charge in [-0.25, -0.2) is 8.78 Å². The van der Waals surface area contributed by atoms with Gasteiger partial charge in [-0.1, -0.05) is 12.1 Å². The number of carbonyl (C=O) groups excluding carboxylic acids is 1. The summed E-state index contributed by atoms with van der Waals surface area (Å²) in [7, 11) is 0. The van der Waals surface area contributed by atoms with Gasteiger partial charge in [0, 0.05) is 31.6 Å². The molecule has 1 aliphatic carbocycles. The van der Waals surface area contributed by atoms with Gasteiger partial charge < -0.3 is 10.2 Å². The second-order valence-electron chi connectivity index (χ2n) is 5.73. The third-order valence-electron chi connectivity index (χ3n) is 4.17. The lowest BCUT2D eigenvalue weighted by molar-refractivity contribution is -0.133. The minimum Gasteiger partial charge on any atom is -0.340 e. The van der Waals surface area contributed by atoms with Crippen LogP contribution in [0.5, 0.6) is 0 Å². The lowest BCUT2D eigenvalue weighted by atomic mass is 10.1. The van der Waals surface area contributed by atoms with Crippen LogP contribution in [0.25, 0.3) is 0 Å². The third-order valence-corrected chi connectivity index (χ3v) is 4.17. The largest absolute Gasteiger partial charge is 0.340 e. The maximum Gasteiger partial charge on any atom is 0.226 e. The normalized spacial score (nSPS) is 29.4. The molecule has 0 aromatic heterocycles. The molecule has 0 spiro atoms. The molecule has 1 heterocycles. The minimum atomic E-state index is -0.837. The standard InChI is InChI=1S/C15H18F2N2O/c1-9-8-19(6-5-18-9)15(20)12-7-11(12)10-3-2-4-13(16)14(10)17/h2-4,9,11-12,18H,5-8H2,1H3/t9-,11+,12-/m1/s1. The van der Waals surface area contributed by atoms with Crippen molar-refractivity contribution in [3.8, 4) is 0 Å². The van der Waals surface area contributed by atoms with Crippen LogP contribution >= 0.6 is 0 Å². The Balaban J connectivity index is 1.69. The lowest BCUT2D eigenvalue weighted by Gasteiger charge is -2.32. The lowest BCUT2D eigenvalue weighted by Crippen LogP contribution is -2.51. The summed E-state index contributed by atoms with van der Waals surface area (Å²) in [4.78, 5) is 14.2. The zero-order valence-corrected chi connectivity index (χ0v) is 11.4. The number of hydrogen-bond donors (Lipinski definition) is 1. The van der Waals surface area contributed by atoms with Crippen LogP contribution < -0.4 is 5.32 Å². The van der Waals surface area contributed by atoms with E-state index < -0.39 is 11.6 Å². The number of rotatable bonds is 2. The summed E-state index contributed by atoms with van der Waals surface area (Å²) in [6.45, 7) is 4.21. The Hall–Kier alpha value is -1.49. The van der Waals surface area contributed by atoms with Gasteiger partial charge >= 0.3 is 0 Å². The maximum atomic E-state index is 13.7. The number of carbonyl (C=O) groups is 1. The molecule has 0 unspecified atom stereocenters. The quantitative estimate of drug-likeness (QED) is 0.897. The van der Waals surface area contributed by atoms with E-state index in [0.717, 1.165) is 12.6 Å². The highest BCUT2D eigenvalue weighted by Crippen LogP contribution is 2.49. The molecule has 3 atom stereocenters. The zero-order chi connectivity index (χ0) is 14.3. The van der Waals surface area contributed by atoms with E-state index in [9.17, 15) is 13.6 Å². The predicted molar refractivity (Wildman–Crippen MR) is 71.3 cm³/mol. The second-order valence-corrected chi connectivity index (χ2v) is 5.73. The van der Waals surface area contributed by atoms with Gasteiger partial charge in [-0.05, 0) is 30.9 Å². The van der Waals surface area contributed by atoms with Crippen LogP contribution in [0, 0.1) is 17.6 Å². The van der Waals surface area contributed by atoms with Crippen molar-refractivity contribution in [3.63, 3.8) is 0 Å². The summed E-state index contributed by atoms with van der Waals surface area (Å²) in [6, 6.07) is 4.48. The molecule has 1 aromatic carbocycles. The summed E-state index contributed by atoms with van der Waals surface area (Å²) < 4.78 is 26.9. The first-order valence-corrected chi connectivity index (χ1v) is 7.04. The van der Waals surface area contributed by atoms with Crippen molar-refractivity contribution in [2.24, 2.45) is 5.92 Å². The number of amides is 1. The Morgan fingerprint density at radius 1 is 1.40 bits per heavy atom. The molecule has 2 fully saturated rings. The molecular weight excluding hydrogens is 262 g/mol. The molecule has 3 nitrogen and oxygen atoms in total. The van der Waals surface area contributed by atoms with Gasteiger partial charge in [0.25, 0.3) is 0 Å². The van der Waals surface area contributed by atoms with E-state index in [0.29, 0.717) is 25.1 Å². The molecule has 3 rings (SSSR count). The molecule has 20 heavy (non-hydrogen) atoms. The predicted octanol–water partition coefficient (Wildman–Crippen LogP) is 1.89. The summed E-state index contributed by atoms with van der Waals surface area (Å²) >= 11 is 0. The molecule has 1 N–H and O–H groups in total. The topological polar surface area (TPSA) is 32.3 Å². The number of benzene rings is 1.